The second-order valence-corrected chi connectivity index (χ2v) is 5.43. The van der Waals surface area contributed by atoms with Crippen LogP contribution in [0.5, 0.6) is 0 Å². The van der Waals surface area contributed by atoms with Gasteiger partial charge in [0, 0.05) is 16.5 Å². The molecule has 0 radical (unpaired) electrons. The molecule has 0 aliphatic rings. The summed E-state index contributed by atoms with van der Waals surface area (Å²) in [6, 6.07) is 13.8. The molecule has 0 heterocycles. The number of rotatable bonds is 3. The van der Waals surface area contributed by atoms with Crippen LogP contribution < -0.4 is 0 Å². The standard InChI is InChI=1S/C16H15BrO/c1-11-7-12(2)9-13(8-11)10-16(18)14-5-3-4-6-15(14)17/h3-9H,10H2,1-2H3. The van der Waals surface area contributed by atoms with Gasteiger partial charge < -0.3 is 0 Å². The highest BCUT2D eigenvalue weighted by atomic mass is 79.9. The number of carbonyl (C=O) groups is 1. The molecule has 0 aromatic heterocycles. The molecule has 0 spiro atoms. The minimum atomic E-state index is 0.146. The average molecular weight is 303 g/mol. The predicted octanol–water partition coefficient (Wildman–Crippen LogP) is 4.49. The molecule has 92 valence electrons. The second kappa shape index (κ2) is 5.49. The van der Waals surface area contributed by atoms with Gasteiger partial charge in [-0.05, 0) is 25.5 Å². The van der Waals surface area contributed by atoms with Crippen molar-refractivity contribution < 1.29 is 4.79 Å². The molecular weight excluding hydrogens is 288 g/mol. The summed E-state index contributed by atoms with van der Waals surface area (Å²) in [5.74, 6) is 0.146. The van der Waals surface area contributed by atoms with Crippen molar-refractivity contribution in [1.29, 1.82) is 0 Å². The van der Waals surface area contributed by atoms with Gasteiger partial charge in [0.15, 0.2) is 5.78 Å². The third kappa shape index (κ3) is 3.08. The zero-order valence-corrected chi connectivity index (χ0v) is 12.1. The predicted molar refractivity (Wildman–Crippen MR) is 78.1 cm³/mol. The zero-order valence-electron chi connectivity index (χ0n) is 10.5. The molecule has 0 bridgehead atoms. The Morgan fingerprint density at radius 2 is 1.67 bits per heavy atom. The summed E-state index contributed by atoms with van der Waals surface area (Å²) < 4.78 is 0.861. The molecule has 0 saturated carbocycles. The van der Waals surface area contributed by atoms with Gasteiger partial charge in [0.2, 0.25) is 0 Å². The van der Waals surface area contributed by atoms with E-state index in [4.69, 9.17) is 0 Å². The van der Waals surface area contributed by atoms with E-state index in [2.05, 4.69) is 48.0 Å². The lowest BCUT2D eigenvalue weighted by Crippen LogP contribution is -2.04. The Balaban J connectivity index is 2.24. The Morgan fingerprint density at radius 1 is 1.06 bits per heavy atom. The van der Waals surface area contributed by atoms with Gasteiger partial charge in [-0.1, -0.05) is 63.5 Å². The van der Waals surface area contributed by atoms with E-state index < -0.39 is 0 Å². The first kappa shape index (κ1) is 13.0. The molecule has 2 aromatic rings. The first-order valence-corrected chi connectivity index (χ1v) is 6.70. The van der Waals surface area contributed by atoms with Crippen LogP contribution in [0.3, 0.4) is 0 Å². The number of ketones is 1. The van der Waals surface area contributed by atoms with Crippen LogP contribution in [0.2, 0.25) is 0 Å². The summed E-state index contributed by atoms with van der Waals surface area (Å²) >= 11 is 3.42. The quantitative estimate of drug-likeness (QED) is 0.763. The van der Waals surface area contributed by atoms with Gasteiger partial charge in [-0.15, -0.1) is 0 Å². The van der Waals surface area contributed by atoms with Crippen molar-refractivity contribution in [3.05, 3.63) is 69.2 Å². The molecule has 2 rings (SSSR count). The molecule has 0 N–H and O–H groups in total. The highest BCUT2D eigenvalue weighted by Crippen LogP contribution is 2.19. The van der Waals surface area contributed by atoms with Crippen molar-refractivity contribution in [2.24, 2.45) is 0 Å². The van der Waals surface area contributed by atoms with Crippen LogP contribution in [-0.4, -0.2) is 5.78 Å². The Morgan fingerprint density at radius 3 is 2.28 bits per heavy atom. The lowest BCUT2D eigenvalue weighted by atomic mass is 10.00. The fourth-order valence-corrected chi connectivity index (χ4v) is 2.64. The second-order valence-electron chi connectivity index (χ2n) is 4.58. The number of halogens is 1. The van der Waals surface area contributed by atoms with Gasteiger partial charge in [0.25, 0.3) is 0 Å². The summed E-state index contributed by atoms with van der Waals surface area (Å²) in [6.07, 6.45) is 0.450. The smallest absolute Gasteiger partial charge is 0.168 e. The van der Waals surface area contributed by atoms with E-state index in [-0.39, 0.29) is 5.78 Å². The first-order chi connectivity index (χ1) is 8.56. The number of benzene rings is 2. The van der Waals surface area contributed by atoms with Crippen molar-refractivity contribution in [1.82, 2.24) is 0 Å². The number of hydrogen-bond donors (Lipinski definition) is 0. The molecule has 0 saturated heterocycles. The fourth-order valence-electron chi connectivity index (χ4n) is 2.14. The van der Waals surface area contributed by atoms with E-state index in [9.17, 15) is 4.79 Å². The summed E-state index contributed by atoms with van der Waals surface area (Å²) in [6.45, 7) is 4.11. The Kier molecular flexibility index (Phi) is 3.97. The average Bonchev–Trinajstić information content (AvgIpc) is 2.27. The summed E-state index contributed by atoms with van der Waals surface area (Å²) in [5, 5.41) is 0. The molecule has 18 heavy (non-hydrogen) atoms. The molecule has 0 amide bonds. The fraction of sp³-hybridized carbons (Fsp3) is 0.188. The van der Waals surface area contributed by atoms with Crippen molar-refractivity contribution in [3.63, 3.8) is 0 Å². The van der Waals surface area contributed by atoms with E-state index in [1.54, 1.807) is 0 Å². The van der Waals surface area contributed by atoms with E-state index in [1.807, 2.05) is 24.3 Å². The van der Waals surface area contributed by atoms with Crippen molar-refractivity contribution >= 4 is 21.7 Å². The number of hydrogen-bond acceptors (Lipinski definition) is 1. The van der Waals surface area contributed by atoms with E-state index in [0.717, 1.165) is 15.6 Å². The SMILES string of the molecule is Cc1cc(C)cc(CC(=O)c2ccccc2Br)c1. The van der Waals surface area contributed by atoms with Crippen LogP contribution in [0.15, 0.2) is 46.9 Å². The minimum absolute atomic E-state index is 0.146. The number of Topliss-reactive ketones (excluding diaryl/α,β-unsaturated/α-hetero) is 1. The van der Waals surface area contributed by atoms with Gasteiger partial charge in [-0.2, -0.15) is 0 Å². The van der Waals surface area contributed by atoms with Gasteiger partial charge >= 0.3 is 0 Å². The van der Waals surface area contributed by atoms with Crippen LogP contribution in [-0.2, 0) is 6.42 Å². The maximum atomic E-state index is 12.2. The van der Waals surface area contributed by atoms with Gasteiger partial charge in [-0.3, -0.25) is 4.79 Å². The topological polar surface area (TPSA) is 17.1 Å². The third-order valence-electron chi connectivity index (χ3n) is 2.82. The Bertz CT molecular complexity index is 567. The molecule has 2 aromatic carbocycles. The van der Waals surface area contributed by atoms with Crippen LogP contribution in [0.4, 0.5) is 0 Å². The molecule has 0 aliphatic heterocycles. The van der Waals surface area contributed by atoms with E-state index >= 15 is 0 Å². The minimum Gasteiger partial charge on any atom is -0.294 e. The molecule has 1 nitrogen and oxygen atoms in total. The highest BCUT2D eigenvalue weighted by molar-refractivity contribution is 9.10. The van der Waals surface area contributed by atoms with Crippen molar-refractivity contribution in [2.75, 3.05) is 0 Å². The van der Waals surface area contributed by atoms with E-state index in [1.165, 1.54) is 11.1 Å². The highest BCUT2D eigenvalue weighted by Gasteiger charge is 2.10. The lowest BCUT2D eigenvalue weighted by Gasteiger charge is -2.06. The lowest BCUT2D eigenvalue weighted by molar-refractivity contribution is 0.0992. The third-order valence-corrected chi connectivity index (χ3v) is 3.51. The Hall–Kier alpha value is -1.41. The normalized spacial score (nSPS) is 10.4. The Labute approximate surface area is 116 Å². The van der Waals surface area contributed by atoms with E-state index in [0.29, 0.717) is 6.42 Å². The molecular formula is C16H15BrO. The maximum absolute atomic E-state index is 12.2. The maximum Gasteiger partial charge on any atom is 0.168 e. The number of aryl methyl sites for hydroxylation is 2. The van der Waals surface area contributed by atoms with Gasteiger partial charge in [0.1, 0.15) is 0 Å². The zero-order chi connectivity index (χ0) is 13.1. The van der Waals surface area contributed by atoms with Gasteiger partial charge in [0.05, 0.1) is 0 Å². The van der Waals surface area contributed by atoms with Crippen LogP contribution in [0, 0.1) is 13.8 Å². The van der Waals surface area contributed by atoms with Crippen LogP contribution >= 0.6 is 15.9 Å². The van der Waals surface area contributed by atoms with Crippen molar-refractivity contribution in [2.45, 2.75) is 20.3 Å². The largest absolute Gasteiger partial charge is 0.294 e. The van der Waals surface area contributed by atoms with Gasteiger partial charge in [-0.25, -0.2) is 0 Å². The molecule has 0 fully saturated rings. The van der Waals surface area contributed by atoms with Crippen LogP contribution in [0.1, 0.15) is 27.0 Å². The monoisotopic (exact) mass is 302 g/mol. The summed E-state index contributed by atoms with van der Waals surface area (Å²) in [7, 11) is 0. The molecule has 2 heteroatoms. The summed E-state index contributed by atoms with van der Waals surface area (Å²) in [5.41, 5.74) is 4.22. The number of carbonyl (C=O) groups excluding carboxylic acids is 1. The molecule has 0 aliphatic carbocycles. The van der Waals surface area contributed by atoms with Crippen LogP contribution in [0.25, 0.3) is 0 Å². The first-order valence-electron chi connectivity index (χ1n) is 5.91. The molecule has 0 unspecified atom stereocenters. The van der Waals surface area contributed by atoms with Crippen molar-refractivity contribution in [3.8, 4) is 0 Å². The molecule has 0 atom stereocenters. The summed E-state index contributed by atoms with van der Waals surface area (Å²) in [4.78, 5) is 12.2.